The van der Waals surface area contributed by atoms with Crippen molar-refractivity contribution >= 4 is 11.6 Å². The first-order chi connectivity index (χ1) is 7.72. The molecule has 1 aliphatic heterocycles. The molecule has 1 heterocycles. The van der Waals surface area contributed by atoms with Crippen molar-refractivity contribution in [3.05, 3.63) is 28.3 Å². The molecule has 1 saturated heterocycles. The number of rotatable bonds is 2. The van der Waals surface area contributed by atoms with Crippen LogP contribution in [-0.2, 0) is 0 Å². The van der Waals surface area contributed by atoms with Gasteiger partial charge < -0.3 is 10.1 Å². The van der Waals surface area contributed by atoms with Crippen molar-refractivity contribution in [2.24, 2.45) is 0 Å². The number of methoxy groups -OCH3 is 1. The number of benzene rings is 1. The SMILES string of the molecule is COc1cc(Cl)c(C)c(C2CCNCC2)c1. The molecule has 0 atom stereocenters. The highest BCUT2D eigenvalue weighted by atomic mass is 35.5. The minimum absolute atomic E-state index is 0.619. The molecule has 2 nitrogen and oxygen atoms in total. The van der Waals surface area contributed by atoms with Crippen molar-refractivity contribution in [3.8, 4) is 5.75 Å². The van der Waals surface area contributed by atoms with Gasteiger partial charge in [0, 0.05) is 5.02 Å². The van der Waals surface area contributed by atoms with Gasteiger partial charge in [0.2, 0.25) is 0 Å². The average molecular weight is 240 g/mol. The predicted octanol–water partition coefficient (Wildman–Crippen LogP) is 3.12. The lowest BCUT2D eigenvalue weighted by Crippen LogP contribution is -2.27. The van der Waals surface area contributed by atoms with Crippen molar-refractivity contribution in [1.82, 2.24) is 5.32 Å². The maximum absolute atomic E-state index is 6.22. The lowest BCUT2D eigenvalue weighted by atomic mass is 9.87. The Labute approximate surface area is 102 Å². The Balaban J connectivity index is 2.33. The Morgan fingerprint density at radius 3 is 2.62 bits per heavy atom. The standard InChI is InChI=1S/C13H18ClNO/c1-9-12(10-3-5-15-6-4-10)7-11(16-2)8-13(9)14/h7-8,10,15H,3-6H2,1-2H3. The molecule has 3 heteroatoms. The molecular formula is C13H18ClNO. The summed E-state index contributed by atoms with van der Waals surface area (Å²) < 4.78 is 5.28. The second-order valence-electron chi connectivity index (χ2n) is 4.35. The zero-order valence-electron chi connectivity index (χ0n) is 9.85. The van der Waals surface area contributed by atoms with Gasteiger partial charge >= 0.3 is 0 Å². The molecule has 0 radical (unpaired) electrons. The normalized spacial score (nSPS) is 17.4. The van der Waals surface area contributed by atoms with Crippen LogP contribution in [0.5, 0.6) is 5.75 Å². The van der Waals surface area contributed by atoms with Crippen LogP contribution < -0.4 is 10.1 Å². The van der Waals surface area contributed by atoms with Gasteiger partial charge in [-0.25, -0.2) is 0 Å². The first kappa shape index (κ1) is 11.7. The molecular weight excluding hydrogens is 222 g/mol. The molecule has 88 valence electrons. The van der Waals surface area contributed by atoms with Crippen molar-refractivity contribution in [1.29, 1.82) is 0 Å². The van der Waals surface area contributed by atoms with E-state index >= 15 is 0 Å². The van der Waals surface area contributed by atoms with Gasteiger partial charge in [-0.2, -0.15) is 0 Å². The minimum atomic E-state index is 0.619. The molecule has 0 spiro atoms. The Bertz CT molecular complexity index is 372. The monoisotopic (exact) mass is 239 g/mol. The molecule has 2 rings (SSSR count). The molecule has 0 aliphatic carbocycles. The number of piperidine rings is 1. The summed E-state index contributed by atoms with van der Waals surface area (Å²) in [7, 11) is 1.69. The largest absolute Gasteiger partial charge is 0.497 e. The van der Waals surface area contributed by atoms with Gasteiger partial charge in [0.05, 0.1) is 7.11 Å². The zero-order valence-corrected chi connectivity index (χ0v) is 10.6. The van der Waals surface area contributed by atoms with Crippen molar-refractivity contribution in [2.45, 2.75) is 25.7 Å². The fourth-order valence-corrected chi connectivity index (χ4v) is 2.57. The predicted molar refractivity (Wildman–Crippen MR) is 67.6 cm³/mol. The Morgan fingerprint density at radius 2 is 2.00 bits per heavy atom. The van der Waals surface area contributed by atoms with Crippen LogP contribution >= 0.6 is 11.6 Å². The zero-order chi connectivity index (χ0) is 11.5. The summed E-state index contributed by atoms with van der Waals surface area (Å²) in [5.74, 6) is 1.48. The third-order valence-electron chi connectivity index (χ3n) is 3.37. The van der Waals surface area contributed by atoms with Gasteiger partial charge in [-0.15, -0.1) is 0 Å². The molecule has 0 amide bonds. The van der Waals surface area contributed by atoms with Crippen LogP contribution in [0.2, 0.25) is 5.02 Å². The first-order valence-corrected chi connectivity index (χ1v) is 6.15. The van der Waals surface area contributed by atoms with Gasteiger partial charge in [0.1, 0.15) is 5.75 Å². The van der Waals surface area contributed by atoms with Crippen molar-refractivity contribution in [3.63, 3.8) is 0 Å². The third kappa shape index (κ3) is 2.33. The number of hydrogen-bond acceptors (Lipinski definition) is 2. The van der Waals surface area contributed by atoms with E-state index in [1.165, 1.54) is 24.0 Å². The van der Waals surface area contributed by atoms with E-state index in [0.29, 0.717) is 5.92 Å². The number of ether oxygens (including phenoxy) is 1. The molecule has 0 bridgehead atoms. The van der Waals surface area contributed by atoms with Gasteiger partial charge in [-0.3, -0.25) is 0 Å². The van der Waals surface area contributed by atoms with E-state index in [-0.39, 0.29) is 0 Å². The van der Waals surface area contributed by atoms with Crippen LogP contribution in [0, 0.1) is 6.92 Å². The minimum Gasteiger partial charge on any atom is -0.497 e. The third-order valence-corrected chi connectivity index (χ3v) is 3.77. The Hall–Kier alpha value is -0.730. The van der Waals surface area contributed by atoms with E-state index in [2.05, 4.69) is 18.3 Å². The number of nitrogens with one attached hydrogen (secondary N) is 1. The fraction of sp³-hybridized carbons (Fsp3) is 0.538. The molecule has 0 saturated carbocycles. The average Bonchev–Trinajstić information content (AvgIpc) is 2.33. The van der Waals surface area contributed by atoms with Crippen LogP contribution in [-0.4, -0.2) is 20.2 Å². The molecule has 1 aromatic rings. The van der Waals surface area contributed by atoms with E-state index < -0.39 is 0 Å². The summed E-state index contributed by atoms with van der Waals surface area (Å²) >= 11 is 6.22. The van der Waals surface area contributed by atoms with Gasteiger partial charge in [-0.1, -0.05) is 11.6 Å². The lowest BCUT2D eigenvalue weighted by Gasteiger charge is -2.25. The van der Waals surface area contributed by atoms with E-state index in [1.807, 2.05) is 6.07 Å². The number of hydrogen-bond donors (Lipinski definition) is 1. The van der Waals surface area contributed by atoms with Crippen LogP contribution in [0.1, 0.15) is 29.9 Å². The first-order valence-electron chi connectivity index (χ1n) is 5.77. The van der Waals surface area contributed by atoms with E-state index in [4.69, 9.17) is 16.3 Å². The van der Waals surface area contributed by atoms with Crippen LogP contribution in [0.3, 0.4) is 0 Å². The molecule has 1 fully saturated rings. The maximum atomic E-state index is 6.22. The molecule has 0 unspecified atom stereocenters. The highest BCUT2D eigenvalue weighted by Crippen LogP contribution is 2.34. The summed E-state index contributed by atoms with van der Waals surface area (Å²) in [6.45, 7) is 4.29. The Kier molecular flexibility index (Phi) is 3.72. The molecule has 1 aliphatic rings. The maximum Gasteiger partial charge on any atom is 0.120 e. The smallest absolute Gasteiger partial charge is 0.120 e. The lowest BCUT2D eigenvalue weighted by molar-refractivity contribution is 0.411. The van der Waals surface area contributed by atoms with Crippen molar-refractivity contribution in [2.75, 3.05) is 20.2 Å². The van der Waals surface area contributed by atoms with Crippen molar-refractivity contribution < 1.29 is 4.74 Å². The van der Waals surface area contributed by atoms with Crippen LogP contribution in [0.4, 0.5) is 0 Å². The van der Waals surface area contributed by atoms with Crippen LogP contribution in [0.15, 0.2) is 12.1 Å². The summed E-state index contributed by atoms with van der Waals surface area (Å²) in [4.78, 5) is 0. The second-order valence-corrected chi connectivity index (χ2v) is 4.75. The van der Waals surface area contributed by atoms with Crippen LogP contribution in [0.25, 0.3) is 0 Å². The van der Waals surface area contributed by atoms with E-state index in [0.717, 1.165) is 23.9 Å². The Morgan fingerprint density at radius 1 is 1.31 bits per heavy atom. The van der Waals surface area contributed by atoms with Gasteiger partial charge in [-0.05, 0) is 62.0 Å². The fourth-order valence-electron chi connectivity index (χ4n) is 2.35. The quantitative estimate of drug-likeness (QED) is 0.856. The molecule has 0 aromatic heterocycles. The second kappa shape index (κ2) is 5.07. The molecule has 1 N–H and O–H groups in total. The van der Waals surface area contributed by atoms with Gasteiger partial charge in [0.15, 0.2) is 0 Å². The summed E-state index contributed by atoms with van der Waals surface area (Å²) in [5.41, 5.74) is 2.56. The topological polar surface area (TPSA) is 21.3 Å². The van der Waals surface area contributed by atoms with E-state index in [9.17, 15) is 0 Å². The number of halogens is 1. The summed E-state index contributed by atoms with van der Waals surface area (Å²) in [5, 5.41) is 4.20. The molecule has 1 aromatic carbocycles. The summed E-state index contributed by atoms with van der Waals surface area (Å²) in [6.07, 6.45) is 2.37. The summed E-state index contributed by atoms with van der Waals surface area (Å²) in [6, 6.07) is 4.03. The van der Waals surface area contributed by atoms with E-state index in [1.54, 1.807) is 7.11 Å². The molecule has 16 heavy (non-hydrogen) atoms. The highest BCUT2D eigenvalue weighted by molar-refractivity contribution is 6.31. The highest BCUT2D eigenvalue weighted by Gasteiger charge is 2.19. The van der Waals surface area contributed by atoms with Gasteiger partial charge in [0.25, 0.3) is 0 Å².